The molecule has 0 aliphatic rings. The summed E-state index contributed by atoms with van der Waals surface area (Å²) in [6.45, 7) is 5.26. The third-order valence-corrected chi connectivity index (χ3v) is 5.56. The van der Waals surface area contributed by atoms with Crippen LogP contribution in [0.5, 0.6) is 0 Å². The molecule has 29 heavy (non-hydrogen) atoms. The molecule has 0 aromatic rings. The summed E-state index contributed by atoms with van der Waals surface area (Å²) in [5.74, 6) is -0.975. The van der Waals surface area contributed by atoms with Crippen molar-refractivity contribution in [2.75, 3.05) is 27.2 Å². The summed E-state index contributed by atoms with van der Waals surface area (Å²) >= 11 is 0. The lowest BCUT2D eigenvalue weighted by Gasteiger charge is -2.33. The summed E-state index contributed by atoms with van der Waals surface area (Å²) < 4.78 is 6.23. The molecule has 0 aliphatic heterocycles. The van der Waals surface area contributed by atoms with Crippen molar-refractivity contribution >= 4 is 11.9 Å². The third kappa shape index (κ3) is 20.0. The molecular formula is C24H48NO4+. The molecule has 172 valence electrons. The van der Waals surface area contributed by atoms with Gasteiger partial charge in [-0.05, 0) is 12.8 Å². The number of quaternary nitrogens is 1. The number of nitrogens with zero attached hydrogens (tertiary/aromatic N) is 1. The second-order valence-corrected chi connectivity index (χ2v) is 9.25. The molecule has 5 nitrogen and oxygen atoms in total. The van der Waals surface area contributed by atoms with E-state index >= 15 is 0 Å². The predicted octanol–water partition coefficient (Wildman–Crippen LogP) is 5.95. The topological polar surface area (TPSA) is 63.6 Å². The zero-order valence-corrected chi connectivity index (χ0v) is 19.7. The molecule has 0 saturated heterocycles. The van der Waals surface area contributed by atoms with Crippen molar-refractivity contribution in [3.8, 4) is 0 Å². The van der Waals surface area contributed by atoms with Gasteiger partial charge in [0, 0.05) is 13.3 Å². The van der Waals surface area contributed by atoms with Crippen LogP contribution in [0.3, 0.4) is 0 Å². The van der Waals surface area contributed by atoms with E-state index in [-0.39, 0.29) is 18.5 Å². The lowest BCUT2D eigenvalue weighted by atomic mass is 10.0. The van der Waals surface area contributed by atoms with Crippen LogP contribution in [0.2, 0.25) is 0 Å². The smallest absolute Gasteiger partial charge is 0.303 e. The maximum Gasteiger partial charge on any atom is 0.303 e. The Labute approximate surface area is 179 Å². The van der Waals surface area contributed by atoms with Crippen molar-refractivity contribution in [3.05, 3.63) is 0 Å². The van der Waals surface area contributed by atoms with Gasteiger partial charge in [0.1, 0.15) is 6.54 Å². The first kappa shape index (κ1) is 27.9. The van der Waals surface area contributed by atoms with E-state index in [1.54, 1.807) is 0 Å². The molecule has 0 aliphatic carbocycles. The summed E-state index contributed by atoms with van der Waals surface area (Å²) in [5.41, 5.74) is 0. The summed E-state index contributed by atoms with van der Waals surface area (Å²) in [6.07, 6.45) is 17.5. The standard InChI is InChI=1S/C24H47NO4/c1-5-6-7-8-9-10-11-12-13-14-15-16-18-23(29-22(2)26)21-25(3,4)20-17-19-24(27)28/h23H,5-21H2,1-4H3/p+1. The summed E-state index contributed by atoms with van der Waals surface area (Å²) in [7, 11) is 4.17. The highest BCUT2D eigenvalue weighted by atomic mass is 16.5. The molecule has 0 bridgehead atoms. The maximum absolute atomic E-state index is 11.5. The van der Waals surface area contributed by atoms with Gasteiger partial charge >= 0.3 is 11.9 Å². The van der Waals surface area contributed by atoms with E-state index < -0.39 is 5.97 Å². The molecule has 0 amide bonds. The van der Waals surface area contributed by atoms with Crippen molar-refractivity contribution in [1.82, 2.24) is 0 Å². The molecule has 0 rings (SSSR count). The number of likely N-dealkylation sites (N-methyl/N-ethyl adjacent to an activating group) is 1. The minimum atomic E-state index is -0.752. The SMILES string of the molecule is CCCCCCCCCCCCCCC(C[N+](C)(C)CCCC(=O)O)OC(C)=O. The van der Waals surface area contributed by atoms with Gasteiger partial charge in [0.15, 0.2) is 6.10 Å². The van der Waals surface area contributed by atoms with Gasteiger partial charge in [0.25, 0.3) is 0 Å². The van der Waals surface area contributed by atoms with Gasteiger partial charge in [-0.1, -0.05) is 77.6 Å². The largest absolute Gasteiger partial charge is 0.481 e. The van der Waals surface area contributed by atoms with Crippen LogP contribution in [0.25, 0.3) is 0 Å². The van der Waals surface area contributed by atoms with Crippen LogP contribution in [0, 0.1) is 0 Å². The normalized spacial score (nSPS) is 12.7. The molecule has 0 spiro atoms. The first-order valence-electron chi connectivity index (χ1n) is 12.0. The highest BCUT2D eigenvalue weighted by molar-refractivity contribution is 5.66. The second-order valence-electron chi connectivity index (χ2n) is 9.25. The van der Waals surface area contributed by atoms with E-state index in [9.17, 15) is 9.59 Å². The number of aliphatic carboxylic acids is 1. The first-order valence-corrected chi connectivity index (χ1v) is 12.0. The first-order chi connectivity index (χ1) is 13.8. The number of esters is 1. The number of unbranched alkanes of at least 4 members (excludes halogenated alkanes) is 11. The Morgan fingerprint density at radius 1 is 0.828 bits per heavy atom. The Morgan fingerprint density at radius 3 is 1.76 bits per heavy atom. The molecule has 0 aromatic carbocycles. The number of ether oxygens (including phenoxy) is 1. The van der Waals surface area contributed by atoms with E-state index in [1.165, 1.54) is 77.6 Å². The van der Waals surface area contributed by atoms with E-state index in [4.69, 9.17) is 9.84 Å². The quantitative estimate of drug-likeness (QED) is 0.152. The molecule has 5 heteroatoms. The lowest BCUT2D eigenvalue weighted by Crippen LogP contribution is -2.47. The van der Waals surface area contributed by atoms with Crippen molar-refractivity contribution < 1.29 is 23.9 Å². The Bertz CT molecular complexity index is 423. The highest BCUT2D eigenvalue weighted by Crippen LogP contribution is 2.16. The minimum absolute atomic E-state index is 0.0737. The third-order valence-electron chi connectivity index (χ3n) is 5.56. The van der Waals surface area contributed by atoms with Crippen molar-refractivity contribution in [2.24, 2.45) is 0 Å². The Hall–Kier alpha value is -1.10. The van der Waals surface area contributed by atoms with Gasteiger partial charge in [-0.2, -0.15) is 0 Å². The van der Waals surface area contributed by atoms with Crippen LogP contribution in [-0.2, 0) is 14.3 Å². The average Bonchev–Trinajstić information content (AvgIpc) is 2.61. The van der Waals surface area contributed by atoms with Crippen molar-refractivity contribution in [2.45, 2.75) is 116 Å². The van der Waals surface area contributed by atoms with Gasteiger partial charge in [-0.25, -0.2) is 0 Å². The molecule has 0 radical (unpaired) electrons. The molecular weight excluding hydrogens is 366 g/mol. The summed E-state index contributed by atoms with van der Waals surface area (Å²) in [6, 6.07) is 0. The number of hydrogen-bond acceptors (Lipinski definition) is 3. The predicted molar refractivity (Wildman–Crippen MR) is 120 cm³/mol. The molecule has 0 aromatic heterocycles. The van der Waals surface area contributed by atoms with Crippen LogP contribution < -0.4 is 0 Å². The number of rotatable bonds is 20. The van der Waals surface area contributed by atoms with Crippen LogP contribution in [0.4, 0.5) is 0 Å². The highest BCUT2D eigenvalue weighted by Gasteiger charge is 2.24. The fraction of sp³-hybridized carbons (Fsp3) is 0.917. The second kappa shape index (κ2) is 17.7. The maximum atomic E-state index is 11.5. The Morgan fingerprint density at radius 2 is 1.31 bits per heavy atom. The monoisotopic (exact) mass is 414 g/mol. The van der Waals surface area contributed by atoms with Gasteiger partial charge in [0.2, 0.25) is 0 Å². The van der Waals surface area contributed by atoms with E-state index in [0.29, 0.717) is 10.9 Å². The Kier molecular flexibility index (Phi) is 17.1. The van der Waals surface area contributed by atoms with E-state index in [0.717, 1.165) is 25.9 Å². The van der Waals surface area contributed by atoms with Gasteiger partial charge in [0.05, 0.1) is 27.1 Å². The number of carbonyl (C=O) groups excluding carboxylic acids is 1. The van der Waals surface area contributed by atoms with E-state index in [2.05, 4.69) is 21.0 Å². The van der Waals surface area contributed by atoms with Gasteiger partial charge in [-0.3, -0.25) is 9.59 Å². The molecule has 1 atom stereocenters. The van der Waals surface area contributed by atoms with Crippen molar-refractivity contribution in [3.63, 3.8) is 0 Å². The Balaban J connectivity index is 3.89. The van der Waals surface area contributed by atoms with Crippen LogP contribution in [0.15, 0.2) is 0 Å². The molecule has 0 fully saturated rings. The van der Waals surface area contributed by atoms with Gasteiger partial charge in [-0.15, -0.1) is 0 Å². The zero-order valence-electron chi connectivity index (χ0n) is 19.7. The fourth-order valence-electron chi connectivity index (χ4n) is 3.94. The lowest BCUT2D eigenvalue weighted by molar-refractivity contribution is -0.893. The van der Waals surface area contributed by atoms with Crippen LogP contribution >= 0.6 is 0 Å². The minimum Gasteiger partial charge on any atom is -0.481 e. The van der Waals surface area contributed by atoms with Crippen LogP contribution in [0.1, 0.15) is 110 Å². The molecule has 0 heterocycles. The van der Waals surface area contributed by atoms with Crippen molar-refractivity contribution in [1.29, 1.82) is 0 Å². The number of carboxylic acid groups (broad SMARTS) is 1. The molecule has 1 unspecified atom stereocenters. The average molecular weight is 415 g/mol. The van der Waals surface area contributed by atoms with Crippen LogP contribution in [-0.4, -0.2) is 54.8 Å². The zero-order chi connectivity index (χ0) is 22.0. The van der Waals surface area contributed by atoms with E-state index in [1.807, 2.05) is 0 Å². The molecule has 1 N–H and O–H groups in total. The number of carbonyl (C=O) groups is 2. The number of carboxylic acids is 1. The number of hydrogen-bond donors (Lipinski definition) is 1. The summed E-state index contributed by atoms with van der Waals surface area (Å²) in [4.78, 5) is 22.2. The molecule has 0 saturated carbocycles. The fourth-order valence-corrected chi connectivity index (χ4v) is 3.94. The summed E-state index contributed by atoms with van der Waals surface area (Å²) in [5, 5.41) is 8.81. The van der Waals surface area contributed by atoms with Gasteiger partial charge < -0.3 is 14.3 Å².